The van der Waals surface area contributed by atoms with Gasteiger partial charge < -0.3 is 0 Å². The van der Waals surface area contributed by atoms with Crippen LogP contribution in [0.15, 0.2) is 213 Å². The summed E-state index contributed by atoms with van der Waals surface area (Å²) in [5.74, 6) is 0. The lowest BCUT2D eigenvalue weighted by molar-refractivity contribution is -0.667. The maximum absolute atomic E-state index is 7.58. The lowest BCUT2D eigenvalue weighted by Crippen LogP contribution is -2.35. The second-order valence-corrected chi connectivity index (χ2v) is 26.2. The van der Waals surface area contributed by atoms with Gasteiger partial charge in [0, 0.05) is 128 Å². The molecular weight excluding hydrogens is 1180 g/mol. The van der Waals surface area contributed by atoms with Crippen molar-refractivity contribution in [1.82, 2.24) is 0 Å². The number of pyridine rings is 6. The molecule has 0 radical (unpaired) electrons. The highest BCUT2D eigenvalue weighted by Gasteiger charge is 2.21. The van der Waals surface area contributed by atoms with Gasteiger partial charge in [0.05, 0.1) is 0 Å². The Morgan fingerprint density at radius 3 is 0.990 bits per heavy atom. The number of nitrogens with zero attached hydrogens (tertiary/aromatic N) is 6. The maximum Gasteiger partial charge on any atom is 0.215 e. The molecule has 6 heteroatoms. The van der Waals surface area contributed by atoms with E-state index >= 15 is 0 Å². The summed E-state index contributed by atoms with van der Waals surface area (Å²) in [4.78, 5) is 0. The highest BCUT2D eigenvalue weighted by molar-refractivity contribution is 5.67. The van der Waals surface area contributed by atoms with Crippen molar-refractivity contribution >= 4 is 0 Å². The molecule has 0 atom stereocenters. The molecule has 498 valence electrons. The van der Waals surface area contributed by atoms with Crippen molar-refractivity contribution in [2.75, 3.05) is 0 Å². The molecule has 0 aliphatic heterocycles. The Kier molecular flexibility index (Phi) is 21.6. The number of hydrogen-bond donors (Lipinski definition) is 0. The van der Waals surface area contributed by atoms with E-state index in [1.807, 2.05) is 98.1 Å². The molecule has 97 heavy (non-hydrogen) atoms. The fraction of sp³-hybridized carbons (Fsp3) is 0.275. The third-order valence-corrected chi connectivity index (χ3v) is 18.8. The quantitative estimate of drug-likeness (QED) is 0.148. The first kappa shape index (κ1) is 62.1. The lowest BCUT2D eigenvalue weighted by Gasteiger charge is -2.08. The summed E-state index contributed by atoms with van der Waals surface area (Å²) in [6.45, 7) is 27.2. The van der Waals surface area contributed by atoms with Crippen LogP contribution in [-0.4, -0.2) is 0 Å². The van der Waals surface area contributed by atoms with Crippen LogP contribution in [0.25, 0.3) is 67.5 Å². The molecule has 0 aliphatic rings. The van der Waals surface area contributed by atoms with Crippen molar-refractivity contribution in [3.05, 3.63) is 319 Å². The Morgan fingerprint density at radius 2 is 0.567 bits per heavy atom. The molecule has 12 rings (SSSR count). The first-order chi connectivity index (χ1) is 49.6. The standard InChI is InChI=1S/C16H20N.5C15H18N/c1-11-7-6-8-15(14(11)4)16-9-12(2)13(3)10-17(16)5;2*1-11-9-13(3)15(16(4)10-11)14-8-6-5-7-12(14)2;1-11-7-5-6-8-14(11)15-9-12(2)13(3)10-16(15)4;2*1-11-9-10-15(16(4)13(11)3)14-8-6-5-7-12(14)2/h6-10H,1-5H3;5*5-10H,1-4H3/q6*+1/i3D3;1D3;;;1D3;. The van der Waals surface area contributed by atoms with E-state index in [4.69, 9.17) is 12.3 Å². The molecule has 0 saturated heterocycles. The van der Waals surface area contributed by atoms with E-state index in [0.717, 1.165) is 50.6 Å². The molecule has 12 aromatic rings. The predicted molar refractivity (Wildman–Crippen MR) is 408 cm³/mol. The maximum atomic E-state index is 7.58. The van der Waals surface area contributed by atoms with Crippen molar-refractivity contribution in [2.45, 2.75) is 131 Å². The van der Waals surface area contributed by atoms with Crippen molar-refractivity contribution in [3.63, 3.8) is 0 Å². The van der Waals surface area contributed by atoms with E-state index in [2.05, 4.69) is 271 Å². The molecule has 0 saturated carbocycles. The van der Waals surface area contributed by atoms with Crippen molar-refractivity contribution in [1.29, 1.82) is 0 Å². The average Bonchev–Trinajstić information content (AvgIpc) is 0.789. The normalized spacial score (nSPS) is 12.3. The summed E-state index contributed by atoms with van der Waals surface area (Å²) < 4.78 is 80.3. The number of rotatable bonds is 6. The minimum Gasteiger partial charge on any atom is -0.201 e. The first-order valence-electron chi connectivity index (χ1n) is 37.9. The summed E-state index contributed by atoms with van der Waals surface area (Å²) >= 11 is 0. The van der Waals surface area contributed by atoms with Crippen molar-refractivity contribution in [2.24, 2.45) is 42.3 Å². The van der Waals surface area contributed by atoms with Crippen LogP contribution in [0.1, 0.15) is 118 Å². The van der Waals surface area contributed by atoms with Gasteiger partial charge in [0.15, 0.2) is 36.2 Å². The minimum atomic E-state index is -2.07. The molecule has 0 bridgehead atoms. The summed E-state index contributed by atoms with van der Waals surface area (Å²) in [5.41, 5.74) is 34.9. The fourth-order valence-electron chi connectivity index (χ4n) is 12.4. The zero-order valence-corrected chi connectivity index (χ0v) is 61.9. The van der Waals surface area contributed by atoms with Gasteiger partial charge in [0.25, 0.3) is 0 Å². The zero-order valence-electron chi connectivity index (χ0n) is 70.9. The van der Waals surface area contributed by atoms with Crippen LogP contribution in [0, 0.1) is 131 Å². The Labute approximate surface area is 596 Å². The molecule has 0 fully saturated rings. The zero-order chi connectivity index (χ0) is 78.6. The van der Waals surface area contributed by atoms with Crippen LogP contribution in [0.5, 0.6) is 0 Å². The second kappa shape index (κ2) is 33.7. The van der Waals surface area contributed by atoms with E-state index in [1.165, 1.54) is 106 Å². The molecule has 6 nitrogen and oxygen atoms in total. The second-order valence-electron chi connectivity index (χ2n) is 26.2. The van der Waals surface area contributed by atoms with Gasteiger partial charge in [0.1, 0.15) is 42.3 Å². The van der Waals surface area contributed by atoms with Crippen LogP contribution < -0.4 is 27.4 Å². The van der Waals surface area contributed by atoms with Crippen LogP contribution >= 0.6 is 0 Å². The summed E-state index contributed by atoms with van der Waals surface area (Å²) in [6.07, 6.45) is 7.78. The summed E-state index contributed by atoms with van der Waals surface area (Å²) in [5, 5.41) is 0. The van der Waals surface area contributed by atoms with Gasteiger partial charge in [-0.15, -0.1) is 0 Å². The third-order valence-electron chi connectivity index (χ3n) is 18.8. The summed E-state index contributed by atoms with van der Waals surface area (Å²) in [6, 6.07) is 64.2. The molecule has 6 aromatic carbocycles. The third kappa shape index (κ3) is 18.6. The molecule has 0 spiro atoms. The average molecular weight is 1300 g/mol. The molecule has 0 amide bonds. The van der Waals surface area contributed by atoms with Gasteiger partial charge in [-0.25, -0.2) is 18.3 Å². The fourth-order valence-corrected chi connectivity index (χ4v) is 12.4. The predicted octanol–water partition coefficient (Wildman–Crippen LogP) is 18.9. The Bertz CT molecular complexity index is 5030. The lowest BCUT2D eigenvalue weighted by atomic mass is 9.99. The molecule has 0 aliphatic carbocycles. The van der Waals surface area contributed by atoms with Gasteiger partial charge in [-0.05, 0) is 228 Å². The van der Waals surface area contributed by atoms with Crippen LogP contribution in [0.2, 0.25) is 0 Å². The smallest absolute Gasteiger partial charge is 0.201 e. The van der Waals surface area contributed by atoms with E-state index in [0.29, 0.717) is 16.7 Å². The van der Waals surface area contributed by atoms with Gasteiger partial charge in [0.2, 0.25) is 34.2 Å². The monoisotopic (exact) mass is 1300 g/mol. The van der Waals surface area contributed by atoms with Gasteiger partial charge in [-0.3, -0.25) is 0 Å². The van der Waals surface area contributed by atoms with Crippen LogP contribution in [0.3, 0.4) is 0 Å². The number of benzene rings is 6. The number of aryl methyl sites for hydroxylation is 20. The molecule has 0 unspecified atom stereocenters. The van der Waals surface area contributed by atoms with Crippen molar-refractivity contribution in [3.8, 4) is 67.5 Å². The SMILES string of the molecule is Cc1cc(-c2ccccc2C)[n+](C)cc1C.Cc1cc(C)c(-c2ccccc2C)[n+](C)c1.Cc1ccccc1-c1ccc(C)c(C)[n+]1C.[2H]C([2H])([2H])c1c[n+](C)c(-c2cccc(C)c2C)cc1C.[2H]C([2H])([2H])c1cc(C)c(-c2ccccc2C)[n+](C)c1.[2H]C([2H])([2H])c1ccc(-c2ccccc2C)[n+](C)c1C. The first-order valence-corrected chi connectivity index (χ1v) is 33.4. The number of aromatic nitrogens is 6. The Balaban J connectivity index is 0.000000178. The number of hydrogen-bond acceptors (Lipinski definition) is 0. The largest absolute Gasteiger partial charge is 0.215 e. The topological polar surface area (TPSA) is 23.3 Å². The van der Waals surface area contributed by atoms with Crippen LogP contribution in [0.4, 0.5) is 0 Å². The van der Waals surface area contributed by atoms with Crippen molar-refractivity contribution < 1.29 is 39.7 Å². The highest BCUT2D eigenvalue weighted by Crippen LogP contribution is 2.28. The van der Waals surface area contributed by atoms with E-state index in [9.17, 15) is 0 Å². The molecule has 0 N–H and O–H groups in total. The van der Waals surface area contributed by atoms with Gasteiger partial charge in [-0.2, -0.15) is 9.13 Å². The Hall–Kier alpha value is -9.78. The Morgan fingerprint density at radius 1 is 0.227 bits per heavy atom. The van der Waals surface area contributed by atoms with E-state index < -0.39 is 20.6 Å². The van der Waals surface area contributed by atoms with E-state index in [-0.39, 0.29) is 0 Å². The van der Waals surface area contributed by atoms with Crippen LogP contribution in [-0.2, 0) is 42.3 Å². The van der Waals surface area contributed by atoms with E-state index in [1.54, 1.807) is 24.5 Å². The van der Waals surface area contributed by atoms with Gasteiger partial charge >= 0.3 is 0 Å². The minimum absolute atomic E-state index is 0.379. The molecular formula is C91H110N6+6. The molecule has 6 heterocycles. The summed E-state index contributed by atoms with van der Waals surface area (Å²) in [7, 11) is 12.0. The highest BCUT2D eigenvalue weighted by atomic mass is 15.0. The van der Waals surface area contributed by atoms with Gasteiger partial charge in [-0.1, -0.05) is 103 Å². The molecule has 6 aromatic heterocycles.